The number of benzene rings is 1. The number of aromatic nitrogens is 3. The highest BCUT2D eigenvalue weighted by molar-refractivity contribution is 6.30. The van der Waals surface area contributed by atoms with Crippen LogP contribution >= 0.6 is 11.6 Å². The summed E-state index contributed by atoms with van der Waals surface area (Å²) in [5, 5.41) is 12.4. The average Bonchev–Trinajstić information content (AvgIpc) is 2.68. The van der Waals surface area contributed by atoms with Gasteiger partial charge in [0.25, 0.3) is 5.91 Å². The molecule has 0 unspecified atom stereocenters. The van der Waals surface area contributed by atoms with Gasteiger partial charge in [-0.25, -0.2) is 9.97 Å². The molecule has 3 N–H and O–H groups in total. The number of aromatic amines is 1. The van der Waals surface area contributed by atoms with E-state index < -0.39 is 11.9 Å². The number of nitrogens with one attached hydrogen (secondary N) is 2. The molecule has 7 nitrogen and oxygen atoms in total. The summed E-state index contributed by atoms with van der Waals surface area (Å²) in [5.74, 6) is -0.139. The normalized spacial score (nSPS) is 11.8. The Balaban J connectivity index is 2.09. The van der Waals surface area contributed by atoms with Gasteiger partial charge in [-0.05, 0) is 31.2 Å². The molecule has 0 aliphatic carbocycles. The summed E-state index contributed by atoms with van der Waals surface area (Å²) in [4.78, 5) is 35.2. The Bertz CT molecular complexity index is 998. The molecule has 3 rings (SSSR count). The minimum atomic E-state index is -0.431. The van der Waals surface area contributed by atoms with Crippen LogP contribution in [0.4, 0.5) is 0 Å². The molecule has 0 fully saturated rings. The third-order valence-electron chi connectivity index (χ3n) is 3.79. The number of nitrogens with zero attached hydrogens (tertiary/aromatic N) is 2. The fourth-order valence-electron chi connectivity index (χ4n) is 2.35. The van der Waals surface area contributed by atoms with Gasteiger partial charge in [-0.3, -0.25) is 9.59 Å². The highest BCUT2D eigenvalue weighted by Crippen LogP contribution is 2.23. The first-order chi connectivity index (χ1) is 13.0. The number of carbonyl (C=O) groups is 1. The van der Waals surface area contributed by atoms with Gasteiger partial charge in [-0.2, -0.15) is 0 Å². The van der Waals surface area contributed by atoms with Crippen molar-refractivity contribution in [2.75, 3.05) is 6.61 Å². The van der Waals surface area contributed by atoms with Crippen LogP contribution in [0.15, 0.2) is 53.5 Å². The predicted molar refractivity (Wildman–Crippen MR) is 103 cm³/mol. The molecule has 0 aliphatic heterocycles. The summed E-state index contributed by atoms with van der Waals surface area (Å²) in [6.07, 6.45) is 1.49. The zero-order valence-electron chi connectivity index (χ0n) is 14.4. The molecule has 0 aliphatic rings. The molecule has 138 valence electrons. The number of amides is 1. The fourth-order valence-corrected chi connectivity index (χ4v) is 2.48. The van der Waals surface area contributed by atoms with E-state index in [1.165, 1.54) is 12.3 Å². The fraction of sp³-hybridized carbons (Fsp3) is 0.158. The Morgan fingerprint density at radius 3 is 2.52 bits per heavy atom. The van der Waals surface area contributed by atoms with Crippen LogP contribution in [0, 0.1) is 0 Å². The van der Waals surface area contributed by atoms with Crippen LogP contribution in [0.1, 0.15) is 17.4 Å². The maximum absolute atomic E-state index is 12.5. The van der Waals surface area contributed by atoms with E-state index in [1.807, 2.05) is 0 Å². The van der Waals surface area contributed by atoms with E-state index in [0.717, 1.165) is 5.56 Å². The smallest absolute Gasteiger partial charge is 0.270 e. The largest absolute Gasteiger partial charge is 0.394 e. The van der Waals surface area contributed by atoms with Crippen LogP contribution in [0.2, 0.25) is 5.02 Å². The molecule has 0 saturated heterocycles. The van der Waals surface area contributed by atoms with Crippen molar-refractivity contribution in [1.82, 2.24) is 20.3 Å². The van der Waals surface area contributed by atoms with Crippen LogP contribution < -0.4 is 10.9 Å². The van der Waals surface area contributed by atoms with Crippen molar-refractivity contribution in [3.05, 3.63) is 69.7 Å². The van der Waals surface area contributed by atoms with Gasteiger partial charge in [0.05, 0.1) is 12.3 Å². The first-order valence-corrected chi connectivity index (χ1v) is 8.60. The van der Waals surface area contributed by atoms with Gasteiger partial charge < -0.3 is 15.4 Å². The molecule has 3 aromatic rings. The lowest BCUT2D eigenvalue weighted by Gasteiger charge is -2.12. The van der Waals surface area contributed by atoms with E-state index in [2.05, 4.69) is 20.3 Å². The van der Waals surface area contributed by atoms with E-state index in [9.17, 15) is 9.59 Å². The Morgan fingerprint density at radius 2 is 1.89 bits per heavy atom. The van der Waals surface area contributed by atoms with E-state index in [4.69, 9.17) is 16.7 Å². The van der Waals surface area contributed by atoms with Crippen molar-refractivity contribution >= 4 is 17.5 Å². The van der Waals surface area contributed by atoms with Crippen LogP contribution in [-0.2, 0) is 0 Å². The minimum absolute atomic E-state index is 0.149. The van der Waals surface area contributed by atoms with Gasteiger partial charge in [0.1, 0.15) is 5.69 Å². The molecule has 1 atom stereocenters. The van der Waals surface area contributed by atoms with Crippen LogP contribution in [-0.4, -0.2) is 38.6 Å². The maximum Gasteiger partial charge on any atom is 0.270 e. The second-order valence-electron chi connectivity index (χ2n) is 5.97. The number of carbonyl (C=O) groups excluding carboxylic acids is 1. The van der Waals surface area contributed by atoms with E-state index in [0.29, 0.717) is 22.1 Å². The number of H-pyrrole nitrogens is 1. The molecule has 27 heavy (non-hydrogen) atoms. The summed E-state index contributed by atoms with van der Waals surface area (Å²) < 4.78 is 0. The molecule has 2 aromatic heterocycles. The molecule has 0 saturated carbocycles. The predicted octanol–water partition coefficient (Wildman–Crippen LogP) is 2.26. The second kappa shape index (κ2) is 8.11. The molecule has 0 spiro atoms. The maximum atomic E-state index is 12.5. The van der Waals surface area contributed by atoms with Gasteiger partial charge in [-0.15, -0.1) is 0 Å². The Labute approximate surface area is 160 Å². The summed E-state index contributed by atoms with van der Waals surface area (Å²) in [6.45, 7) is 1.50. The quantitative estimate of drug-likeness (QED) is 0.625. The molecule has 1 amide bonds. The highest BCUT2D eigenvalue weighted by atomic mass is 35.5. The van der Waals surface area contributed by atoms with E-state index in [1.54, 1.807) is 43.3 Å². The Hall–Kier alpha value is -3.03. The first kappa shape index (κ1) is 18.8. The summed E-state index contributed by atoms with van der Waals surface area (Å²) in [7, 11) is 0. The van der Waals surface area contributed by atoms with Gasteiger partial charge >= 0.3 is 0 Å². The van der Waals surface area contributed by atoms with Crippen LogP contribution in [0.25, 0.3) is 22.6 Å². The number of hydrogen-bond acceptors (Lipinski definition) is 5. The molecule has 8 heteroatoms. The molecule has 2 heterocycles. The molecule has 1 aromatic carbocycles. The number of aliphatic hydroxyl groups excluding tert-OH is 1. The number of aliphatic hydroxyl groups is 1. The zero-order chi connectivity index (χ0) is 19.4. The number of halogens is 1. The van der Waals surface area contributed by atoms with Gasteiger partial charge in [0, 0.05) is 34.5 Å². The molecular formula is C19H17ClN4O3. The number of pyridine rings is 1. The SMILES string of the molecule is C[C@@H](CO)NC(=O)c1cc(-c2ccc(Cl)cc2)nc(-c2ccc(=O)[nH]c2)n1. The van der Waals surface area contributed by atoms with Crippen molar-refractivity contribution in [2.24, 2.45) is 0 Å². The summed E-state index contributed by atoms with van der Waals surface area (Å²) in [5.41, 5.74) is 1.76. The highest BCUT2D eigenvalue weighted by Gasteiger charge is 2.16. The zero-order valence-corrected chi connectivity index (χ0v) is 15.2. The third-order valence-corrected chi connectivity index (χ3v) is 4.04. The average molecular weight is 385 g/mol. The van der Waals surface area contributed by atoms with Crippen molar-refractivity contribution in [3.8, 4) is 22.6 Å². The number of hydrogen-bond donors (Lipinski definition) is 3. The van der Waals surface area contributed by atoms with Crippen molar-refractivity contribution in [1.29, 1.82) is 0 Å². The van der Waals surface area contributed by atoms with E-state index >= 15 is 0 Å². The van der Waals surface area contributed by atoms with Crippen molar-refractivity contribution < 1.29 is 9.90 Å². The van der Waals surface area contributed by atoms with E-state index in [-0.39, 0.29) is 17.9 Å². The lowest BCUT2D eigenvalue weighted by Crippen LogP contribution is -2.35. The molecule has 0 radical (unpaired) electrons. The van der Waals surface area contributed by atoms with Gasteiger partial charge in [-0.1, -0.05) is 23.7 Å². The van der Waals surface area contributed by atoms with Crippen LogP contribution in [0.3, 0.4) is 0 Å². The third kappa shape index (κ3) is 4.58. The summed E-state index contributed by atoms with van der Waals surface area (Å²) >= 11 is 5.94. The summed E-state index contributed by atoms with van der Waals surface area (Å²) in [6, 6.07) is 11.1. The van der Waals surface area contributed by atoms with Gasteiger partial charge in [0.2, 0.25) is 5.56 Å². The van der Waals surface area contributed by atoms with Crippen molar-refractivity contribution in [2.45, 2.75) is 13.0 Å². The Kier molecular flexibility index (Phi) is 5.63. The van der Waals surface area contributed by atoms with Crippen LogP contribution in [0.5, 0.6) is 0 Å². The molecular weight excluding hydrogens is 368 g/mol. The van der Waals surface area contributed by atoms with Crippen molar-refractivity contribution in [3.63, 3.8) is 0 Å². The van der Waals surface area contributed by atoms with Gasteiger partial charge in [0.15, 0.2) is 5.82 Å². The number of rotatable bonds is 5. The minimum Gasteiger partial charge on any atom is -0.394 e. The first-order valence-electron chi connectivity index (χ1n) is 8.22. The molecule has 0 bridgehead atoms. The second-order valence-corrected chi connectivity index (χ2v) is 6.40. The Morgan fingerprint density at radius 1 is 1.19 bits per heavy atom. The lowest BCUT2D eigenvalue weighted by molar-refractivity contribution is 0.0917. The standard InChI is InChI=1S/C19H17ClN4O3/c1-11(10-25)22-19(27)16-8-15(12-2-5-14(20)6-3-12)23-18(24-16)13-4-7-17(26)21-9-13/h2-9,11,25H,10H2,1H3,(H,21,26)(H,22,27)/t11-/m0/s1. The monoisotopic (exact) mass is 384 g/mol. The lowest BCUT2D eigenvalue weighted by atomic mass is 10.1. The topological polar surface area (TPSA) is 108 Å².